The second-order valence-corrected chi connectivity index (χ2v) is 4.04. The van der Waals surface area contributed by atoms with Crippen LogP contribution in [0.4, 0.5) is 0 Å². The molecular formula is C21H28O2. The molecule has 0 N–H and O–H groups in total. The van der Waals surface area contributed by atoms with E-state index in [4.69, 9.17) is 4.74 Å². The SMILES string of the molecule is CC.CC.CCOC(=O)C=C(c1ccccc1)c1ccccc1. The van der Waals surface area contributed by atoms with Crippen LogP contribution in [0.5, 0.6) is 0 Å². The van der Waals surface area contributed by atoms with Crippen molar-refractivity contribution in [2.75, 3.05) is 6.61 Å². The summed E-state index contributed by atoms with van der Waals surface area (Å²) >= 11 is 0. The van der Waals surface area contributed by atoms with Crippen LogP contribution in [0.1, 0.15) is 45.7 Å². The number of hydrogen-bond acceptors (Lipinski definition) is 2. The standard InChI is InChI=1S/C17H16O2.2C2H6/c1-2-19-17(18)13-16(14-9-5-3-6-10-14)15-11-7-4-8-12-15;2*1-2/h3-13H,2H2,1H3;2*1-2H3. The summed E-state index contributed by atoms with van der Waals surface area (Å²) in [7, 11) is 0. The quantitative estimate of drug-likeness (QED) is 0.532. The molecule has 0 saturated heterocycles. The van der Waals surface area contributed by atoms with Gasteiger partial charge in [0.05, 0.1) is 6.61 Å². The van der Waals surface area contributed by atoms with E-state index < -0.39 is 0 Å². The summed E-state index contributed by atoms with van der Waals surface area (Å²) < 4.78 is 5.00. The molecule has 2 aromatic carbocycles. The van der Waals surface area contributed by atoms with E-state index in [1.807, 2.05) is 88.4 Å². The molecule has 2 aromatic rings. The molecule has 0 amide bonds. The molecule has 0 saturated carbocycles. The van der Waals surface area contributed by atoms with Gasteiger partial charge in [-0.05, 0) is 23.6 Å². The summed E-state index contributed by atoms with van der Waals surface area (Å²) in [6, 6.07) is 19.7. The number of hydrogen-bond donors (Lipinski definition) is 0. The van der Waals surface area contributed by atoms with Crippen LogP contribution in [-0.2, 0) is 9.53 Å². The third kappa shape index (κ3) is 7.46. The zero-order valence-electron chi connectivity index (χ0n) is 14.9. The van der Waals surface area contributed by atoms with Crippen molar-refractivity contribution >= 4 is 11.5 Å². The molecule has 0 fully saturated rings. The number of rotatable bonds is 4. The van der Waals surface area contributed by atoms with Crippen molar-refractivity contribution < 1.29 is 9.53 Å². The lowest BCUT2D eigenvalue weighted by molar-refractivity contribution is -0.137. The first-order valence-electron chi connectivity index (χ1n) is 8.30. The molecule has 0 aromatic heterocycles. The Hall–Kier alpha value is -2.35. The Labute approximate surface area is 140 Å². The van der Waals surface area contributed by atoms with Gasteiger partial charge in [-0.1, -0.05) is 88.4 Å². The summed E-state index contributed by atoms with van der Waals surface area (Å²) in [4.78, 5) is 11.7. The highest BCUT2D eigenvalue weighted by atomic mass is 16.5. The van der Waals surface area contributed by atoms with E-state index >= 15 is 0 Å². The Morgan fingerprint density at radius 2 is 1.22 bits per heavy atom. The topological polar surface area (TPSA) is 26.3 Å². The molecule has 0 aliphatic carbocycles. The van der Waals surface area contributed by atoms with Crippen molar-refractivity contribution in [2.24, 2.45) is 0 Å². The fourth-order valence-electron chi connectivity index (χ4n) is 1.87. The molecule has 2 heteroatoms. The van der Waals surface area contributed by atoms with E-state index in [0.29, 0.717) is 6.61 Å². The highest BCUT2D eigenvalue weighted by Crippen LogP contribution is 2.23. The molecule has 0 heterocycles. The normalized spacial score (nSPS) is 8.57. The lowest BCUT2D eigenvalue weighted by Crippen LogP contribution is -2.01. The molecule has 124 valence electrons. The Balaban J connectivity index is 0.00000112. The molecule has 2 rings (SSSR count). The van der Waals surface area contributed by atoms with Crippen LogP contribution in [-0.4, -0.2) is 12.6 Å². The Bertz CT molecular complexity index is 515. The van der Waals surface area contributed by atoms with E-state index in [0.717, 1.165) is 16.7 Å². The van der Waals surface area contributed by atoms with Crippen molar-refractivity contribution in [2.45, 2.75) is 34.6 Å². The van der Waals surface area contributed by atoms with Crippen LogP contribution < -0.4 is 0 Å². The van der Waals surface area contributed by atoms with Crippen LogP contribution in [0, 0.1) is 0 Å². The van der Waals surface area contributed by atoms with Crippen LogP contribution >= 0.6 is 0 Å². The van der Waals surface area contributed by atoms with Crippen molar-refractivity contribution in [3.05, 3.63) is 77.9 Å². The van der Waals surface area contributed by atoms with Gasteiger partial charge in [0, 0.05) is 6.08 Å². The summed E-state index contributed by atoms with van der Waals surface area (Å²) in [5, 5.41) is 0. The second-order valence-electron chi connectivity index (χ2n) is 4.04. The minimum absolute atomic E-state index is 0.315. The Kier molecular flexibility index (Phi) is 12.0. The smallest absolute Gasteiger partial charge is 0.331 e. The molecule has 0 bridgehead atoms. The van der Waals surface area contributed by atoms with Gasteiger partial charge in [0.25, 0.3) is 0 Å². The Morgan fingerprint density at radius 3 is 1.57 bits per heavy atom. The van der Waals surface area contributed by atoms with Gasteiger partial charge in [0.1, 0.15) is 0 Å². The number of carbonyl (C=O) groups is 1. The summed E-state index contributed by atoms with van der Waals surface area (Å²) in [6.07, 6.45) is 1.55. The van der Waals surface area contributed by atoms with E-state index in [1.165, 1.54) is 0 Å². The fraction of sp³-hybridized carbons (Fsp3) is 0.286. The van der Waals surface area contributed by atoms with Crippen LogP contribution in [0.2, 0.25) is 0 Å². The maximum Gasteiger partial charge on any atom is 0.331 e. The molecular weight excluding hydrogens is 284 g/mol. The van der Waals surface area contributed by atoms with Gasteiger partial charge in [-0.25, -0.2) is 4.79 Å². The van der Waals surface area contributed by atoms with E-state index in [1.54, 1.807) is 13.0 Å². The van der Waals surface area contributed by atoms with E-state index in [2.05, 4.69) is 0 Å². The van der Waals surface area contributed by atoms with E-state index in [-0.39, 0.29) is 5.97 Å². The summed E-state index contributed by atoms with van der Waals surface area (Å²) in [5.74, 6) is -0.315. The highest BCUT2D eigenvalue weighted by molar-refractivity contribution is 5.96. The molecule has 0 radical (unpaired) electrons. The first-order chi connectivity index (χ1) is 11.3. The Morgan fingerprint density at radius 1 is 0.826 bits per heavy atom. The predicted octanol–water partition coefficient (Wildman–Crippen LogP) is 5.73. The largest absolute Gasteiger partial charge is 0.463 e. The number of esters is 1. The third-order valence-corrected chi connectivity index (χ3v) is 2.72. The van der Waals surface area contributed by atoms with Crippen molar-refractivity contribution in [1.29, 1.82) is 0 Å². The van der Waals surface area contributed by atoms with Gasteiger partial charge in [0.15, 0.2) is 0 Å². The van der Waals surface area contributed by atoms with Gasteiger partial charge >= 0.3 is 5.97 Å². The van der Waals surface area contributed by atoms with Gasteiger partial charge in [-0.3, -0.25) is 0 Å². The molecule has 0 aliphatic heterocycles. The van der Waals surface area contributed by atoms with Gasteiger partial charge < -0.3 is 4.74 Å². The number of carbonyl (C=O) groups excluding carboxylic acids is 1. The van der Waals surface area contributed by atoms with Gasteiger partial charge in [-0.15, -0.1) is 0 Å². The lowest BCUT2D eigenvalue weighted by Gasteiger charge is -2.08. The van der Waals surface area contributed by atoms with Crippen molar-refractivity contribution in [3.63, 3.8) is 0 Å². The second kappa shape index (κ2) is 13.3. The fourth-order valence-corrected chi connectivity index (χ4v) is 1.87. The summed E-state index contributed by atoms with van der Waals surface area (Å²) in [6.45, 7) is 10.2. The van der Waals surface area contributed by atoms with Crippen LogP contribution in [0.3, 0.4) is 0 Å². The minimum atomic E-state index is -0.315. The molecule has 0 spiro atoms. The van der Waals surface area contributed by atoms with Gasteiger partial charge in [-0.2, -0.15) is 0 Å². The lowest BCUT2D eigenvalue weighted by atomic mass is 9.98. The zero-order valence-corrected chi connectivity index (χ0v) is 14.9. The highest BCUT2D eigenvalue weighted by Gasteiger charge is 2.07. The average molecular weight is 312 g/mol. The molecule has 2 nitrogen and oxygen atoms in total. The zero-order chi connectivity index (χ0) is 17.5. The number of ether oxygens (including phenoxy) is 1. The predicted molar refractivity (Wildman–Crippen MR) is 99.3 cm³/mol. The molecule has 0 unspecified atom stereocenters. The van der Waals surface area contributed by atoms with Crippen LogP contribution in [0.25, 0.3) is 5.57 Å². The first kappa shape index (κ1) is 20.7. The molecule has 0 aliphatic rings. The van der Waals surface area contributed by atoms with E-state index in [9.17, 15) is 4.79 Å². The molecule has 0 atom stereocenters. The van der Waals surface area contributed by atoms with Crippen molar-refractivity contribution in [3.8, 4) is 0 Å². The summed E-state index contributed by atoms with van der Waals surface area (Å²) in [5.41, 5.74) is 2.88. The third-order valence-electron chi connectivity index (χ3n) is 2.72. The molecule has 23 heavy (non-hydrogen) atoms. The van der Waals surface area contributed by atoms with Crippen molar-refractivity contribution in [1.82, 2.24) is 0 Å². The average Bonchev–Trinajstić information content (AvgIpc) is 2.65. The number of benzene rings is 2. The monoisotopic (exact) mass is 312 g/mol. The maximum atomic E-state index is 11.7. The van der Waals surface area contributed by atoms with Gasteiger partial charge in [0.2, 0.25) is 0 Å². The maximum absolute atomic E-state index is 11.7. The first-order valence-corrected chi connectivity index (χ1v) is 8.30. The van der Waals surface area contributed by atoms with Crippen LogP contribution in [0.15, 0.2) is 66.7 Å². The minimum Gasteiger partial charge on any atom is -0.463 e.